The highest BCUT2D eigenvalue weighted by molar-refractivity contribution is 5.92. The average molecular weight is 224 g/mol. The molecule has 16 heavy (non-hydrogen) atoms. The van der Waals surface area contributed by atoms with E-state index in [1.165, 1.54) is 12.1 Å². The van der Waals surface area contributed by atoms with Gasteiger partial charge in [-0.15, -0.1) is 6.42 Å². The van der Waals surface area contributed by atoms with Crippen molar-refractivity contribution < 1.29 is 13.6 Å². The predicted molar refractivity (Wildman–Crippen MR) is 56.7 cm³/mol. The van der Waals surface area contributed by atoms with Gasteiger partial charge >= 0.3 is 0 Å². The molecule has 0 aromatic heterocycles. The van der Waals surface area contributed by atoms with Crippen LogP contribution in [-0.2, 0) is 4.79 Å². The van der Waals surface area contributed by atoms with Gasteiger partial charge < -0.3 is 5.32 Å². The number of hydrogen-bond donors (Lipinski definition) is 2. The summed E-state index contributed by atoms with van der Waals surface area (Å²) in [4.78, 5) is 11.2. The van der Waals surface area contributed by atoms with E-state index in [4.69, 9.17) is 6.42 Å². The van der Waals surface area contributed by atoms with Crippen LogP contribution in [0.3, 0.4) is 0 Å². The number of carbonyl (C=O) groups excluding carboxylic acids is 1. The van der Waals surface area contributed by atoms with Gasteiger partial charge in [-0.2, -0.15) is 0 Å². The molecule has 84 valence electrons. The molecule has 0 aliphatic heterocycles. The number of nitrogens with one attached hydrogen (secondary N) is 2. The molecule has 0 radical (unpaired) electrons. The third kappa shape index (κ3) is 3.33. The molecule has 1 aromatic rings. The number of halogens is 2. The van der Waals surface area contributed by atoms with E-state index in [2.05, 4.69) is 16.6 Å². The maximum Gasteiger partial charge on any atom is 0.238 e. The Kier molecular flexibility index (Phi) is 4.42. The van der Waals surface area contributed by atoms with Gasteiger partial charge in [0, 0.05) is 0 Å². The van der Waals surface area contributed by atoms with Crippen LogP contribution in [0.4, 0.5) is 14.5 Å². The Morgan fingerprint density at radius 3 is 2.88 bits per heavy atom. The van der Waals surface area contributed by atoms with Gasteiger partial charge in [0.05, 0.1) is 18.8 Å². The molecule has 0 spiro atoms. The van der Waals surface area contributed by atoms with Crippen molar-refractivity contribution in [2.45, 2.75) is 0 Å². The standard InChI is InChI=1S/C11H10F2N2O/c1-2-6-14-7-10(16)15-9-5-3-4-8(12)11(9)13/h1,3-5,14H,6-7H2,(H,15,16). The minimum Gasteiger partial charge on any atom is -0.322 e. The summed E-state index contributed by atoms with van der Waals surface area (Å²) in [5.41, 5.74) is -0.187. The fourth-order valence-electron chi connectivity index (χ4n) is 1.04. The lowest BCUT2D eigenvalue weighted by molar-refractivity contribution is -0.115. The fourth-order valence-corrected chi connectivity index (χ4v) is 1.04. The second-order valence-electron chi connectivity index (χ2n) is 2.96. The van der Waals surface area contributed by atoms with E-state index in [9.17, 15) is 13.6 Å². The average Bonchev–Trinajstić information content (AvgIpc) is 2.25. The van der Waals surface area contributed by atoms with E-state index in [1.54, 1.807) is 0 Å². The highest BCUT2D eigenvalue weighted by atomic mass is 19.2. The lowest BCUT2D eigenvalue weighted by Crippen LogP contribution is -2.28. The van der Waals surface area contributed by atoms with E-state index in [0.29, 0.717) is 0 Å². The monoisotopic (exact) mass is 224 g/mol. The summed E-state index contributed by atoms with van der Waals surface area (Å²) < 4.78 is 25.9. The molecule has 1 rings (SSSR count). The molecule has 1 amide bonds. The molecule has 0 bridgehead atoms. The van der Waals surface area contributed by atoms with Crippen LogP contribution in [0, 0.1) is 24.0 Å². The van der Waals surface area contributed by atoms with Crippen LogP contribution in [0.15, 0.2) is 18.2 Å². The van der Waals surface area contributed by atoms with Crippen molar-refractivity contribution in [2.24, 2.45) is 0 Å². The third-order valence-corrected chi connectivity index (χ3v) is 1.74. The van der Waals surface area contributed by atoms with Crippen LogP contribution >= 0.6 is 0 Å². The van der Waals surface area contributed by atoms with Gasteiger partial charge in [0.1, 0.15) is 0 Å². The lowest BCUT2D eigenvalue weighted by atomic mass is 10.3. The summed E-state index contributed by atoms with van der Waals surface area (Å²) in [6.07, 6.45) is 4.96. The van der Waals surface area contributed by atoms with Crippen molar-refractivity contribution in [1.29, 1.82) is 0 Å². The van der Waals surface area contributed by atoms with Crippen LogP contribution < -0.4 is 10.6 Å². The van der Waals surface area contributed by atoms with Gasteiger partial charge in [-0.3, -0.25) is 10.1 Å². The number of rotatable bonds is 4. The molecular formula is C11H10F2N2O. The van der Waals surface area contributed by atoms with Crippen LogP contribution in [0.25, 0.3) is 0 Å². The SMILES string of the molecule is C#CCNCC(=O)Nc1cccc(F)c1F. The molecule has 0 saturated carbocycles. The number of amides is 1. The minimum atomic E-state index is -1.08. The maximum absolute atomic E-state index is 13.1. The first-order valence-electron chi connectivity index (χ1n) is 4.53. The number of benzene rings is 1. The molecule has 0 aliphatic carbocycles. The molecular weight excluding hydrogens is 214 g/mol. The summed E-state index contributed by atoms with van der Waals surface area (Å²) in [5.74, 6) is -0.285. The normalized spacial score (nSPS) is 9.56. The van der Waals surface area contributed by atoms with Gasteiger partial charge in [-0.1, -0.05) is 12.0 Å². The molecule has 0 saturated heterocycles. The molecule has 0 unspecified atom stereocenters. The Morgan fingerprint density at radius 2 is 2.19 bits per heavy atom. The van der Waals surface area contributed by atoms with Gasteiger partial charge in [0.25, 0.3) is 0 Å². The Bertz CT molecular complexity index is 426. The molecule has 0 heterocycles. The minimum absolute atomic E-state index is 0.0554. The van der Waals surface area contributed by atoms with Crippen molar-refractivity contribution >= 4 is 11.6 Å². The van der Waals surface area contributed by atoms with Crippen LogP contribution in [0.1, 0.15) is 0 Å². The summed E-state index contributed by atoms with van der Waals surface area (Å²) in [6.45, 7) is 0.180. The molecule has 0 fully saturated rings. The molecule has 5 heteroatoms. The highest BCUT2D eigenvalue weighted by Gasteiger charge is 2.09. The Balaban J connectivity index is 2.57. The first-order valence-corrected chi connectivity index (χ1v) is 4.53. The maximum atomic E-state index is 13.1. The van der Waals surface area contributed by atoms with Crippen LogP contribution in [0.5, 0.6) is 0 Å². The predicted octanol–water partition coefficient (Wildman–Crippen LogP) is 1.13. The zero-order valence-electron chi connectivity index (χ0n) is 8.39. The van der Waals surface area contributed by atoms with Gasteiger partial charge in [0.15, 0.2) is 11.6 Å². The van der Waals surface area contributed by atoms with Gasteiger partial charge in [-0.25, -0.2) is 8.78 Å². The zero-order chi connectivity index (χ0) is 12.0. The first-order chi connectivity index (χ1) is 7.65. The molecule has 2 N–H and O–H groups in total. The number of hydrogen-bond acceptors (Lipinski definition) is 2. The zero-order valence-corrected chi connectivity index (χ0v) is 8.39. The summed E-state index contributed by atoms with van der Waals surface area (Å²) in [7, 11) is 0. The van der Waals surface area contributed by atoms with Crippen molar-refractivity contribution in [3.05, 3.63) is 29.8 Å². The summed E-state index contributed by atoms with van der Waals surface area (Å²) in [6, 6.07) is 3.56. The fraction of sp³-hybridized carbons (Fsp3) is 0.182. The van der Waals surface area contributed by atoms with E-state index >= 15 is 0 Å². The quantitative estimate of drug-likeness (QED) is 0.594. The second-order valence-corrected chi connectivity index (χ2v) is 2.96. The van der Waals surface area contributed by atoms with Crippen molar-refractivity contribution in [3.63, 3.8) is 0 Å². The summed E-state index contributed by atoms with van der Waals surface area (Å²) in [5, 5.41) is 4.85. The molecule has 0 aliphatic rings. The molecule has 1 aromatic carbocycles. The van der Waals surface area contributed by atoms with E-state index in [1.807, 2.05) is 0 Å². The number of terminal acetylenes is 1. The van der Waals surface area contributed by atoms with E-state index in [-0.39, 0.29) is 18.8 Å². The molecule has 0 atom stereocenters. The first kappa shape index (κ1) is 12.1. The number of carbonyl (C=O) groups is 1. The van der Waals surface area contributed by atoms with Gasteiger partial charge in [-0.05, 0) is 12.1 Å². The topological polar surface area (TPSA) is 41.1 Å². The van der Waals surface area contributed by atoms with E-state index in [0.717, 1.165) is 6.07 Å². The van der Waals surface area contributed by atoms with E-state index < -0.39 is 17.5 Å². The van der Waals surface area contributed by atoms with Crippen molar-refractivity contribution in [2.75, 3.05) is 18.4 Å². The van der Waals surface area contributed by atoms with Gasteiger partial charge in [0.2, 0.25) is 5.91 Å². The van der Waals surface area contributed by atoms with Crippen LogP contribution in [-0.4, -0.2) is 19.0 Å². The van der Waals surface area contributed by atoms with Crippen LogP contribution in [0.2, 0.25) is 0 Å². The second kappa shape index (κ2) is 5.83. The Morgan fingerprint density at radius 1 is 1.44 bits per heavy atom. The lowest BCUT2D eigenvalue weighted by Gasteiger charge is -2.06. The highest BCUT2D eigenvalue weighted by Crippen LogP contribution is 2.15. The molecule has 3 nitrogen and oxygen atoms in total. The Labute approximate surface area is 91.8 Å². The number of anilines is 1. The smallest absolute Gasteiger partial charge is 0.238 e. The third-order valence-electron chi connectivity index (χ3n) is 1.74. The van der Waals surface area contributed by atoms with Crippen molar-refractivity contribution in [1.82, 2.24) is 5.32 Å². The Hall–Kier alpha value is -1.93. The van der Waals surface area contributed by atoms with Crippen molar-refractivity contribution in [3.8, 4) is 12.3 Å². The largest absolute Gasteiger partial charge is 0.322 e. The summed E-state index contributed by atoms with van der Waals surface area (Å²) >= 11 is 0.